The topological polar surface area (TPSA) is 67.4 Å². The number of carbonyl (C=O) groups is 2. The van der Waals surface area contributed by atoms with E-state index in [0.717, 1.165) is 19.3 Å². The second kappa shape index (κ2) is 8.93. The van der Waals surface area contributed by atoms with Gasteiger partial charge in [0.25, 0.3) is 0 Å². The van der Waals surface area contributed by atoms with Crippen LogP contribution in [0.1, 0.15) is 26.2 Å². The van der Waals surface area contributed by atoms with E-state index in [-0.39, 0.29) is 4.75 Å². The van der Waals surface area contributed by atoms with Crippen LogP contribution in [0, 0.1) is 0 Å². The Morgan fingerprint density at radius 1 is 1.13 bits per heavy atom. The predicted octanol–water partition coefficient (Wildman–Crippen LogP) is 1.97. The molecule has 0 unspecified atom stereocenters. The Kier molecular flexibility index (Phi) is 6.92. The van der Waals surface area contributed by atoms with E-state index in [2.05, 4.69) is 22.8 Å². The monoisotopic (exact) mass is 336 g/mol. The summed E-state index contributed by atoms with van der Waals surface area (Å²) in [5, 5.41) is 5.39. The zero-order valence-corrected chi connectivity index (χ0v) is 14.3. The Morgan fingerprint density at radius 2 is 1.78 bits per heavy atom. The fourth-order valence-electron chi connectivity index (χ4n) is 2.44. The first kappa shape index (κ1) is 17.8. The molecule has 23 heavy (non-hydrogen) atoms. The Labute approximate surface area is 141 Å². The maximum atomic E-state index is 11.9. The van der Waals surface area contributed by atoms with Crippen molar-refractivity contribution < 1.29 is 14.3 Å². The summed E-state index contributed by atoms with van der Waals surface area (Å²) in [6.45, 7) is 4.29. The molecule has 1 aliphatic heterocycles. The number of rotatable bonds is 6. The fourth-order valence-corrected chi connectivity index (χ4v) is 3.75. The Hall–Kier alpha value is -1.53. The number of amides is 2. The average molecular weight is 336 g/mol. The van der Waals surface area contributed by atoms with Crippen molar-refractivity contribution in [3.8, 4) is 0 Å². The molecule has 1 aliphatic rings. The van der Waals surface area contributed by atoms with Gasteiger partial charge in [-0.3, -0.25) is 9.59 Å². The standard InChI is InChI=1S/C17H24N2O3S/c1-2-10-18-15(20)16(21)19-13-17(8-11-22-12-9-17)23-14-6-4-3-5-7-14/h3-7H,2,8-13H2,1H3,(H,18,20)(H,19,21). The minimum Gasteiger partial charge on any atom is -0.381 e. The van der Waals surface area contributed by atoms with Gasteiger partial charge in [-0.1, -0.05) is 25.1 Å². The molecule has 6 heteroatoms. The zero-order chi connectivity index (χ0) is 16.5. The van der Waals surface area contributed by atoms with Crippen molar-refractivity contribution in [1.82, 2.24) is 10.6 Å². The third-order valence-corrected chi connectivity index (χ3v) is 5.29. The molecule has 5 nitrogen and oxygen atoms in total. The molecule has 126 valence electrons. The van der Waals surface area contributed by atoms with Gasteiger partial charge in [-0.05, 0) is 31.4 Å². The van der Waals surface area contributed by atoms with Gasteiger partial charge in [-0.15, -0.1) is 11.8 Å². The molecule has 0 spiro atoms. The number of thioether (sulfide) groups is 1. The molecule has 0 saturated carbocycles. The Bertz CT molecular complexity index is 516. The van der Waals surface area contributed by atoms with Gasteiger partial charge >= 0.3 is 11.8 Å². The molecule has 1 saturated heterocycles. The molecule has 1 aromatic rings. The summed E-state index contributed by atoms with van der Waals surface area (Å²) in [4.78, 5) is 24.8. The van der Waals surface area contributed by atoms with E-state index in [1.807, 2.05) is 25.1 Å². The van der Waals surface area contributed by atoms with E-state index in [0.29, 0.717) is 26.3 Å². The van der Waals surface area contributed by atoms with Crippen LogP contribution in [0.15, 0.2) is 35.2 Å². The predicted molar refractivity (Wildman–Crippen MR) is 91.4 cm³/mol. The van der Waals surface area contributed by atoms with Crippen LogP contribution < -0.4 is 10.6 Å². The van der Waals surface area contributed by atoms with E-state index in [4.69, 9.17) is 4.74 Å². The molecule has 0 radical (unpaired) electrons. The van der Waals surface area contributed by atoms with Gasteiger partial charge in [-0.2, -0.15) is 0 Å². The highest BCUT2D eigenvalue weighted by molar-refractivity contribution is 8.00. The number of benzene rings is 1. The summed E-state index contributed by atoms with van der Waals surface area (Å²) in [6, 6.07) is 10.1. The second-order valence-corrected chi connectivity index (χ2v) is 7.19. The highest BCUT2D eigenvalue weighted by Crippen LogP contribution is 2.39. The quantitative estimate of drug-likeness (QED) is 0.780. The average Bonchev–Trinajstić information content (AvgIpc) is 2.59. The van der Waals surface area contributed by atoms with E-state index in [1.165, 1.54) is 4.90 Å². The Morgan fingerprint density at radius 3 is 2.43 bits per heavy atom. The van der Waals surface area contributed by atoms with E-state index in [1.54, 1.807) is 11.8 Å². The summed E-state index contributed by atoms with van der Waals surface area (Å²) in [7, 11) is 0. The van der Waals surface area contributed by atoms with Gasteiger partial charge in [0, 0.05) is 35.9 Å². The van der Waals surface area contributed by atoms with Gasteiger partial charge in [0.15, 0.2) is 0 Å². The lowest BCUT2D eigenvalue weighted by Crippen LogP contribution is -2.48. The summed E-state index contributed by atoms with van der Waals surface area (Å²) in [5.74, 6) is -1.11. The lowest BCUT2D eigenvalue weighted by molar-refractivity contribution is -0.139. The third-order valence-electron chi connectivity index (χ3n) is 3.79. The van der Waals surface area contributed by atoms with Crippen LogP contribution in [-0.4, -0.2) is 42.9 Å². The summed E-state index contributed by atoms with van der Waals surface area (Å²) in [6.07, 6.45) is 2.51. The molecule has 0 aliphatic carbocycles. The molecule has 1 fully saturated rings. The van der Waals surface area contributed by atoms with Crippen molar-refractivity contribution in [2.75, 3.05) is 26.3 Å². The maximum absolute atomic E-state index is 11.9. The van der Waals surface area contributed by atoms with Crippen molar-refractivity contribution in [3.63, 3.8) is 0 Å². The lowest BCUT2D eigenvalue weighted by atomic mass is 9.99. The van der Waals surface area contributed by atoms with Crippen molar-refractivity contribution >= 4 is 23.6 Å². The molecular formula is C17H24N2O3S. The molecule has 2 rings (SSSR count). The molecule has 2 amide bonds. The third kappa shape index (κ3) is 5.55. The van der Waals surface area contributed by atoms with Gasteiger partial charge in [0.2, 0.25) is 0 Å². The van der Waals surface area contributed by atoms with Crippen molar-refractivity contribution in [1.29, 1.82) is 0 Å². The highest BCUT2D eigenvalue weighted by atomic mass is 32.2. The van der Waals surface area contributed by atoms with Crippen molar-refractivity contribution in [3.05, 3.63) is 30.3 Å². The van der Waals surface area contributed by atoms with Crippen LogP contribution in [0.25, 0.3) is 0 Å². The van der Waals surface area contributed by atoms with Gasteiger partial charge < -0.3 is 15.4 Å². The number of carbonyl (C=O) groups excluding carboxylic acids is 2. The molecule has 0 aromatic heterocycles. The number of hydrogen-bond acceptors (Lipinski definition) is 4. The smallest absolute Gasteiger partial charge is 0.309 e. The van der Waals surface area contributed by atoms with Crippen LogP contribution in [0.5, 0.6) is 0 Å². The molecule has 1 heterocycles. The first-order valence-electron chi connectivity index (χ1n) is 8.03. The van der Waals surface area contributed by atoms with Crippen LogP contribution >= 0.6 is 11.8 Å². The van der Waals surface area contributed by atoms with Crippen LogP contribution in [0.4, 0.5) is 0 Å². The molecule has 0 bridgehead atoms. The fraction of sp³-hybridized carbons (Fsp3) is 0.529. The zero-order valence-electron chi connectivity index (χ0n) is 13.5. The first-order chi connectivity index (χ1) is 11.2. The molecule has 2 N–H and O–H groups in total. The minimum absolute atomic E-state index is 0.125. The van der Waals surface area contributed by atoms with E-state index >= 15 is 0 Å². The normalized spacial score (nSPS) is 16.6. The Balaban J connectivity index is 1.96. The largest absolute Gasteiger partial charge is 0.381 e. The summed E-state index contributed by atoms with van der Waals surface area (Å²) >= 11 is 1.76. The second-order valence-electron chi connectivity index (χ2n) is 5.65. The lowest BCUT2D eigenvalue weighted by Gasteiger charge is -2.36. The van der Waals surface area contributed by atoms with Gasteiger partial charge in [-0.25, -0.2) is 0 Å². The van der Waals surface area contributed by atoms with Crippen LogP contribution in [-0.2, 0) is 14.3 Å². The maximum Gasteiger partial charge on any atom is 0.309 e. The van der Waals surface area contributed by atoms with E-state index < -0.39 is 11.8 Å². The number of hydrogen-bond donors (Lipinski definition) is 2. The number of nitrogens with one attached hydrogen (secondary N) is 2. The van der Waals surface area contributed by atoms with Crippen molar-refractivity contribution in [2.24, 2.45) is 0 Å². The van der Waals surface area contributed by atoms with Crippen LogP contribution in [0.2, 0.25) is 0 Å². The summed E-state index contributed by atoms with van der Waals surface area (Å²) in [5.41, 5.74) is 0. The first-order valence-corrected chi connectivity index (χ1v) is 8.85. The van der Waals surface area contributed by atoms with Gasteiger partial charge in [0.05, 0.1) is 0 Å². The molecular weight excluding hydrogens is 312 g/mol. The van der Waals surface area contributed by atoms with Crippen molar-refractivity contribution in [2.45, 2.75) is 35.8 Å². The summed E-state index contributed by atoms with van der Waals surface area (Å²) < 4.78 is 5.34. The number of ether oxygens (including phenoxy) is 1. The van der Waals surface area contributed by atoms with E-state index in [9.17, 15) is 9.59 Å². The van der Waals surface area contributed by atoms with Gasteiger partial charge in [0.1, 0.15) is 0 Å². The van der Waals surface area contributed by atoms with Crippen LogP contribution in [0.3, 0.4) is 0 Å². The molecule has 1 aromatic carbocycles. The minimum atomic E-state index is -0.557. The molecule has 0 atom stereocenters. The highest BCUT2D eigenvalue weighted by Gasteiger charge is 2.34. The SMILES string of the molecule is CCCNC(=O)C(=O)NCC1(Sc2ccccc2)CCOCC1.